The second-order valence-corrected chi connectivity index (χ2v) is 3.85. The molecular formula is C12H14O2. The molecule has 1 heterocycles. The molecular weight excluding hydrogens is 176 g/mol. The fourth-order valence-electron chi connectivity index (χ4n) is 1.89. The van der Waals surface area contributed by atoms with Gasteiger partial charge in [0, 0.05) is 5.92 Å². The molecule has 14 heavy (non-hydrogen) atoms. The average Bonchev–Trinajstić information content (AvgIpc) is 2.47. The molecule has 0 aliphatic carbocycles. The van der Waals surface area contributed by atoms with E-state index >= 15 is 0 Å². The van der Waals surface area contributed by atoms with E-state index < -0.39 is 0 Å². The van der Waals surface area contributed by atoms with Gasteiger partial charge in [0.2, 0.25) is 0 Å². The van der Waals surface area contributed by atoms with Crippen molar-refractivity contribution < 1.29 is 9.53 Å². The Labute approximate surface area is 83.9 Å². The summed E-state index contributed by atoms with van der Waals surface area (Å²) in [5, 5.41) is 0. The summed E-state index contributed by atoms with van der Waals surface area (Å²) in [7, 11) is 0. The molecule has 1 saturated heterocycles. The zero-order valence-corrected chi connectivity index (χ0v) is 8.27. The lowest BCUT2D eigenvalue weighted by Gasteiger charge is -2.12. The van der Waals surface area contributed by atoms with Crippen LogP contribution in [0.5, 0.6) is 0 Å². The Hall–Kier alpha value is -1.31. The Morgan fingerprint density at radius 3 is 2.64 bits per heavy atom. The van der Waals surface area contributed by atoms with Gasteiger partial charge in [-0.05, 0) is 18.9 Å². The van der Waals surface area contributed by atoms with Gasteiger partial charge >= 0.3 is 5.97 Å². The highest BCUT2D eigenvalue weighted by atomic mass is 16.5. The van der Waals surface area contributed by atoms with Gasteiger partial charge < -0.3 is 4.74 Å². The van der Waals surface area contributed by atoms with Crippen LogP contribution in [0.3, 0.4) is 0 Å². The van der Waals surface area contributed by atoms with Gasteiger partial charge in [-0.3, -0.25) is 4.79 Å². The third-order valence-corrected chi connectivity index (χ3v) is 2.75. The lowest BCUT2D eigenvalue weighted by atomic mass is 9.94. The first-order valence-corrected chi connectivity index (χ1v) is 4.99. The standard InChI is InChI=1S/C12H14O2/c1-9-11(8-12(13)14-9)7-10-5-3-2-4-6-10/h2-6,9,11H,7-8H2,1H3/t9-,11+/m0/s1. The van der Waals surface area contributed by atoms with Crippen LogP contribution in [-0.4, -0.2) is 12.1 Å². The number of ether oxygens (including phenoxy) is 1. The molecule has 0 amide bonds. The minimum absolute atomic E-state index is 0.0570. The third-order valence-electron chi connectivity index (χ3n) is 2.75. The molecule has 0 N–H and O–H groups in total. The highest BCUT2D eigenvalue weighted by molar-refractivity contribution is 5.72. The molecule has 0 unspecified atom stereocenters. The molecule has 2 atom stereocenters. The van der Waals surface area contributed by atoms with E-state index in [1.54, 1.807) is 0 Å². The summed E-state index contributed by atoms with van der Waals surface area (Å²) in [4.78, 5) is 11.0. The van der Waals surface area contributed by atoms with Crippen LogP contribution in [0.15, 0.2) is 30.3 Å². The van der Waals surface area contributed by atoms with E-state index in [1.807, 2.05) is 25.1 Å². The summed E-state index contributed by atoms with van der Waals surface area (Å²) < 4.78 is 5.11. The van der Waals surface area contributed by atoms with E-state index in [9.17, 15) is 4.79 Å². The number of rotatable bonds is 2. The van der Waals surface area contributed by atoms with Crippen molar-refractivity contribution in [3.8, 4) is 0 Å². The van der Waals surface area contributed by atoms with E-state index in [1.165, 1.54) is 5.56 Å². The lowest BCUT2D eigenvalue weighted by Crippen LogP contribution is -2.13. The molecule has 0 bridgehead atoms. The van der Waals surface area contributed by atoms with E-state index in [-0.39, 0.29) is 12.1 Å². The topological polar surface area (TPSA) is 26.3 Å². The van der Waals surface area contributed by atoms with Crippen molar-refractivity contribution in [2.45, 2.75) is 25.9 Å². The maximum Gasteiger partial charge on any atom is 0.306 e. The van der Waals surface area contributed by atoms with Gasteiger partial charge in [-0.15, -0.1) is 0 Å². The predicted molar refractivity (Wildman–Crippen MR) is 53.8 cm³/mol. The molecule has 2 nitrogen and oxygen atoms in total. The van der Waals surface area contributed by atoms with E-state index in [0.29, 0.717) is 12.3 Å². The van der Waals surface area contributed by atoms with Crippen LogP contribution in [0.4, 0.5) is 0 Å². The normalized spacial score (nSPS) is 26.2. The number of carbonyl (C=O) groups is 1. The zero-order chi connectivity index (χ0) is 9.97. The molecule has 1 fully saturated rings. The fraction of sp³-hybridized carbons (Fsp3) is 0.417. The second kappa shape index (κ2) is 3.82. The monoisotopic (exact) mass is 190 g/mol. The minimum Gasteiger partial charge on any atom is -0.462 e. The maximum atomic E-state index is 11.0. The summed E-state index contributed by atoms with van der Waals surface area (Å²) in [5.41, 5.74) is 1.28. The Morgan fingerprint density at radius 2 is 2.07 bits per heavy atom. The molecule has 0 aromatic heterocycles. The number of benzene rings is 1. The van der Waals surface area contributed by atoms with Crippen molar-refractivity contribution in [2.24, 2.45) is 5.92 Å². The van der Waals surface area contributed by atoms with Crippen LogP contribution >= 0.6 is 0 Å². The SMILES string of the molecule is C[C@@H]1OC(=O)C[C@H]1Cc1ccccc1. The third kappa shape index (κ3) is 1.95. The van der Waals surface area contributed by atoms with E-state index in [0.717, 1.165) is 6.42 Å². The molecule has 0 spiro atoms. The summed E-state index contributed by atoms with van der Waals surface area (Å²) >= 11 is 0. The summed E-state index contributed by atoms with van der Waals surface area (Å²) in [6, 6.07) is 10.2. The molecule has 1 aliphatic rings. The quantitative estimate of drug-likeness (QED) is 0.668. The molecule has 0 radical (unpaired) electrons. The summed E-state index contributed by atoms with van der Waals surface area (Å²) in [5.74, 6) is 0.295. The molecule has 0 saturated carbocycles. The molecule has 1 aromatic rings. The Kier molecular flexibility index (Phi) is 2.53. The predicted octanol–water partition coefficient (Wildman–Crippen LogP) is 2.18. The van der Waals surface area contributed by atoms with Crippen molar-refractivity contribution in [1.82, 2.24) is 0 Å². The fourth-order valence-corrected chi connectivity index (χ4v) is 1.89. The number of hydrogen-bond acceptors (Lipinski definition) is 2. The van der Waals surface area contributed by atoms with Crippen molar-refractivity contribution >= 4 is 5.97 Å². The molecule has 2 rings (SSSR count). The first kappa shape index (κ1) is 9.25. The van der Waals surface area contributed by atoms with Gasteiger partial charge in [-0.2, -0.15) is 0 Å². The Balaban J connectivity index is 2.02. The van der Waals surface area contributed by atoms with Crippen molar-refractivity contribution in [2.75, 3.05) is 0 Å². The number of carbonyl (C=O) groups excluding carboxylic acids is 1. The number of cyclic esters (lactones) is 1. The maximum absolute atomic E-state index is 11.0. The molecule has 1 aromatic carbocycles. The lowest BCUT2D eigenvalue weighted by molar-refractivity contribution is -0.140. The first-order valence-electron chi connectivity index (χ1n) is 4.99. The van der Waals surface area contributed by atoms with Gasteiger partial charge in [0.1, 0.15) is 6.10 Å². The molecule has 2 heteroatoms. The Morgan fingerprint density at radius 1 is 1.36 bits per heavy atom. The smallest absolute Gasteiger partial charge is 0.306 e. The minimum atomic E-state index is -0.0570. The van der Waals surface area contributed by atoms with Gasteiger partial charge in [0.25, 0.3) is 0 Å². The van der Waals surface area contributed by atoms with Gasteiger partial charge in [-0.1, -0.05) is 30.3 Å². The van der Waals surface area contributed by atoms with Crippen LogP contribution in [0.2, 0.25) is 0 Å². The van der Waals surface area contributed by atoms with Crippen molar-refractivity contribution in [3.63, 3.8) is 0 Å². The number of esters is 1. The van der Waals surface area contributed by atoms with Crippen LogP contribution in [0.25, 0.3) is 0 Å². The van der Waals surface area contributed by atoms with Crippen LogP contribution in [0, 0.1) is 5.92 Å². The van der Waals surface area contributed by atoms with Crippen LogP contribution in [0.1, 0.15) is 18.9 Å². The van der Waals surface area contributed by atoms with Crippen LogP contribution < -0.4 is 0 Å². The second-order valence-electron chi connectivity index (χ2n) is 3.85. The zero-order valence-electron chi connectivity index (χ0n) is 8.27. The van der Waals surface area contributed by atoms with E-state index in [2.05, 4.69) is 12.1 Å². The highest BCUT2D eigenvalue weighted by Gasteiger charge is 2.30. The molecule has 74 valence electrons. The van der Waals surface area contributed by atoms with Crippen LogP contribution in [-0.2, 0) is 16.0 Å². The van der Waals surface area contributed by atoms with Crippen molar-refractivity contribution in [3.05, 3.63) is 35.9 Å². The Bertz CT molecular complexity index is 318. The number of hydrogen-bond donors (Lipinski definition) is 0. The van der Waals surface area contributed by atoms with Gasteiger partial charge in [0.15, 0.2) is 0 Å². The summed E-state index contributed by atoms with van der Waals surface area (Å²) in [6.45, 7) is 1.97. The van der Waals surface area contributed by atoms with Gasteiger partial charge in [0.05, 0.1) is 6.42 Å². The average molecular weight is 190 g/mol. The molecule has 1 aliphatic heterocycles. The van der Waals surface area contributed by atoms with Gasteiger partial charge in [-0.25, -0.2) is 0 Å². The highest BCUT2D eigenvalue weighted by Crippen LogP contribution is 2.25. The largest absolute Gasteiger partial charge is 0.462 e. The van der Waals surface area contributed by atoms with Crippen molar-refractivity contribution in [1.29, 1.82) is 0 Å². The summed E-state index contributed by atoms with van der Waals surface area (Å²) in [6.07, 6.45) is 1.58. The first-order chi connectivity index (χ1) is 6.75. The van der Waals surface area contributed by atoms with E-state index in [4.69, 9.17) is 4.74 Å².